The Morgan fingerprint density at radius 1 is 1.11 bits per heavy atom. The Labute approximate surface area is 160 Å². The van der Waals surface area contributed by atoms with Crippen LogP contribution in [0.15, 0.2) is 48.5 Å². The van der Waals surface area contributed by atoms with E-state index in [-0.39, 0.29) is 24.1 Å². The van der Waals surface area contributed by atoms with Gasteiger partial charge in [0.15, 0.2) is 0 Å². The predicted octanol–water partition coefficient (Wildman–Crippen LogP) is 4.67. The lowest BCUT2D eigenvalue weighted by Crippen LogP contribution is -2.45. The van der Waals surface area contributed by atoms with Gasteiger partial charge in [-0.3, -0.25) is 4.79 Å². The van der Waals surface area contributed by atoms with E-state index >= 15 is 0 Å². The van der Waals surface area contributed by atoms with Crippen molar-refractivity contribution in [1.82, 2.24) is 5.32 Å². The molecule has 5 heteroatoms. The fourth-order valence-electron chi connectivity index (χ4n) is 3.68. The molecule has 2 aromatic rings. The van der Waals surface area contributed by atoms with Crippen molar-refractivity contribution in [3.63, 3.8) is 0 Å². The number of amides is 2. The van der Waals surface area contributed by atoms with E-state index in [1.54, 1.807) is 11.8 Å². The maximum atomic E-state index is 12.2. The highest BCUT2D eigenvalue weighted by molar-refractivity contribution is 5.94. The number of hydrogen-bond acceptors (Lipinski definition) is 3. The summed E-state index contributed by atoms with van der Waals surface area (Å²) < 4.78 is 5.26. The van der Waals surface area contributed by atoms with Crippen LogP contribution in [0.5, 0.6) is 0 Å². The van der Waals surface area contributed by atoms with Crippen LogP contribution in [0.3, 0.4) is 0 Å². The van der Waals surface area contributed by atoms with Gasteiger partial charge < -0.3 is 15.0 Å². The van der Waals surface area contributed by atoms with E-state index in [1.807, 2.05) is 63.2 Å². The second kappa shape index (κ2) is 7.82. The number of anilines is 1. The SMILES string of the molecule is CC(=O)N1c2ccc(-c3ccccc3)cc2[C@H](NC(=O)OC(C)C)C[C@@H]1C. The molecule has 0 aromatic heterocycles. The molecule has 5 nitrogen and oxygen atoms in total. The van der Waals surface area contributed by atoms with Crippen molar-refractivity contribution in [2.45, 2.75) is 52.3 Å². The average molecular weight is 366 g/mol. The molecule has 0 fully saturated rings. The quantitative estimate of drug-likeness (QED) is 0.858. The Morgan fingerprint density at radius 2 is 1.81 bits per heavy atom. The number of fused-ring (bicyclic) bond motifs is 1. The highest BCUT2D eigenvalue weighted by atomic mass is 16.6. The van der Waals surface area contributed by atoms with Crippen molar-refractivity contribution in [3.8, 4) is 11.1 Å². The highest BCUT2D eigenvalue weighted by Crippen LogP contribution is 2.39. The molecule has 1 N–H and O–H groups in total. The fraction of sp³-hybridized carbons (Fsp3) is 0.364. The third-order valence-corrected chi connectivity index (χ3v) is 4.76. The molecule has 2 atom stereocenters. The summed E-state index contributed by atoms with van der Waals surface area (Å²) in [4.78, 5) is 26.2. The van der Waals surface area contributed by atoms with Crippen LogP contribution in [0.1, 0.15) is 45.7 Å². The molecule has 0 radical (unpaired) electrons. The molecular weight excluding hydrogens is 340 g/mol. The van der Waals surface area contributed by atoms with Crippen LogP contribution in [0.2, 0.25) is 0 Å². The topological polar surface area (TPSA) is 58.6 Å². The molecule has 1 heterocycles. The number of benzene rings is 2. The molecule has 0 spiro atoms. The first-order chi connectivity index (χ1) is 12.9. The minimum absolute atomic E-state index is 0.000539. The van der Waals surface area contributed by atoms with Crippen LogP contribution in [-0.2, 0) is 9.53 Å². The van der Waals surface area contributed by atoms with E-state index in [0.717, 1.165) is 22.4 Å². The molecule has 142 valence electrons. The summed E-state index contributed by atoms with van der Waals surface area (Å²) in [6.07, 6.45) is 0.0160. The van der Waals surface area contributed by atoms with E-state index in [9.17, 15) is 9.59 Å². The third kappa shape index (κ3) is 4.13. The van der Waals surface area contributed by atoms with E-state index in [0.29, 0.717) is 6.42 Å². The van der Waals surface area contributed by atoms with Gasteiger partial charge in [-0.15, -0.1) is 0 Å². The molecule has 2 amide bonds. The van der Waals surface area contributed by atoms with Crippen LogP contribution < -0.4 is 10.2 Å². The predicted molar refractivity (Wildman–Crippen MR) is 107 cm³/mol. The van der Waals surface area contributed by atoms with Crippen molar-refractivity contribution in [1.29, 1.82) is 0 Å². The Balaban J connectivity index is 2.01. The van der Waals surface area contributed by atoms with Gasteiger partial charge in [0.05, 0.1) is 12.1 Å². The lowest BCUT2D eigenvalue weighted by Gasteiger charge is -2.39. The number of carbonyl (C=O) groups is 2. The summed E-state index contributed by atoms with van der Waals surface area (Å²) in [5.41, 5.74) is 3.93. The van der Waals surface area contributed by atoms with E-state index in [4.69, 9.17) is 4.74 Å². The molecule has 27 heavy (non-hydrogen) atoms. The maximum Gasteiger partial charge on any atom is 0.407 e. The van der Waals surface area contributed by atoms with Gasteiger partial charge in [-0.05, 0) is 56.0 Å². The Hall–Kier alpha value is -2.82. The second-order valence-corrected chi connectivity index (χ2v) is 7.26. The van der Waals surface area contributed by atoms with Gasteiger partial charge in [0.1, 0.15) is 0 Å². The molecule has 3 rings (SSSR count). The van der Waals surface area contributed by atoms with E-state index in [2.05, 4.69) is 11.4 Å². The highest BCUT2D eigenvalue weighted by Gasteiger charge is 2.33. The third-order valence-electron chi connectivity index (χ3n) is 4.76. The first kappa shape index (κ1) is 19.0. The van der Waals surface area contributed by atoms with Crippen molar-refractivity contribution in [2.24, 2.45) is 0 Å². The number of hydrogen-bond donors (Lipinski definition) is 1. The van der Waals surface area contributed by atoms with Gasteiger partial charge in [0.2, 0.25) is 5.91 Å². The summed E-state index contributed by atoms with van der Waals surface area (Å²) in [6, 6.07) is 15.9. The second-order valence-electron chi connectivity index (χ2n) is 7.26. The molecule has 0 bridgehead atoms. The molecule has 1 aliphatic heterocycles. The van der Waals surface area contributed by atoms with Crippen molar-refractivity contribution in [2.75, 3.05) is 4.90 Å². The van der Waals surface area contributed by atoms with Crippen molar-refractivity contribution < 1.29 is 14.3 Å². The summed E-state index contributed by atoms with van der Waals surface area (Å²) in [7, 11) is 0. The Morgan fingerprint density at radius 3 is 2.44 bits per heavy atom. The molecule has 0 saturated carbocycles. The van der Waals surface area contributed by atoms with Crippen LogP contribution in [0.25, 0.3) is 11.1 Å². The van der Waals surface area contributed by atoms with Crippen molar-refractivity contribution in [3.05, 3.63) is 54.1 Å². The minimum atomic E-state index is -0.436. The molecule has 0 saturated heterocycles. The van der Waals surface area contributed by atoms with Gasteiger partial charge in [0.25, 0.3) is 0 Å². The van der Waals surface area contributed by atoms with Gasteiger partial charge >= 0.3 is 6.09 Å². The molecule has 0 aliphatic carbocycles. The lowest BCUT2D eigenvalue weighted by molar-refractivity contribution is -0.117. The van der Waals surface area contributed by atoms with Gasteiger partial charge in [0, 0.05) is 18.7 Å². The molecule has 1 aliphatic rings. The van der Waals surface area contributed by atoms with Crippen molar-refractivity contribution >= 4 is 17.7 Å². The Bertz CT molecular complexity index is 833. The zero-order valence-electron chi connectivity index (χ0n) is 16.2. The summed E-state index contributed by atoms with van der Waals surface area (Å²) >= 11 is 0. The summed E-state index contributed by atoms with van der Waals surface area (Å²) in [5.74, 6) is -0.000539. The maximum absolute atomic E-state index is 12.2. The lowest BCUT2D eigenvalue weighted by atomic mass is 9.89. The average Bonchev–Trinajstić information content (AvgIpc) is 2.61. The van der Waals surface area contributed by atoms with Crippen LogP contribution >= 0.6 is 0 Å². The molecular formula is C22H26N2O3. The smallest absolute Gasteiger partial charge is 0.407 e. The van der Waals surface area contributed by atoms with E-state index < -0.39 is 6.09 Å². The zero-order chi connectivity index (χ0) is 19.6. The number of carbonyl (C=O) groups excluding carboxylic acids is 2. The number of nitrogens with zero attached hydrogens (tertiary/aromatic N) is 1. The largest absolute Gasteiger partial charge is 0.447 e. The van der Waals surface area contributed by atoms with Crippen LogP contribution in [0.4, 0.5) is 10.5 Å². The monoisotopic (exact) mass is 366 g/mol. The number of rotatable bonds is 3. The van der Waals surface area contributed by atoms with Gasteiger partial charge in [-0.2, -0.15) is 0 Å². The number of nitrogens with one attached hydrogen (secondary N) is 1. The molecule has 0 unspecified atom stereocenters. The Kier molecular flexibility index (Phi) is 5.49. The van der Waals surface area contributed by atoms with Gasteiger partial charge in [-0.1, -0.05) is 36.4 Å². The summed E-state index contributed by atoms with van der Waals surface area (Å²) in [5, 5.41) is 2.98. The normalized spacial score (nSPS) is 18.8. The van der Waals surface area contributed by atoms with E-state index in [1.165, 1.54) is 0 Å². The minimum Gasteiger partial charge on any atom is -0.447 e. The number of ether oxygens (including phenoxy) is 1. The first-order valence-corrected chi connectivity index (χ1v) is 9.33. The first-order valence-electron chi connectivity index (χ1n) is 9.33. The number of alkyl carbamates (subject to hydrolysis) is 1. The standard InChI is InChI=1S/C22H26N2O3/c1-14(2)27-22(26)23-20-12-15(3)24(16(4)25)21-11-10-18(13-19(20)21)17-8-6-5-7-9-17/h5-11,13-15,20H,12H2,1-4H3,(H,23,26)/t15-,20+/m0/s1. The van der Waals surface area contributed by atoms with Crippen LogP contribution in [0, 0.1) is 0 Å². The fourth-order valence-corrected chi connectivity index (χ4v) is 3.68. The zero-order valence-corrected chi connectivity index (χ0v) is 16.2. The summed E-state index contributed by atoms with van der Waals surface area (Å²) in [6.45, 7) is 7.22. The molecule has 2 aromatic carbocycles. The van der Waals surface area contributed by atoms with Crippen LogP contribution in [-0.4, -0.2) is 24.1 Å². The van der Waals surface area contributed by atoms with Gasteiger partial charge in [-0.25, -0.2) is 4.79 Å².